The van der Waals surface area contributed by atoms with Gasteiger partial charge >= 0.3 is 0 Å². The van der Waals surface area contributed by atoms with Crippen LogP contribution in [0.2, 0.25) is 0 Å². The van der Waals surface area contributed by atoms with E-state index >= 15 is 0 Å². The molecule has 2 aromatic carbocycles. The number of aliphatic imine (C=N–C) groups is 2. The maximum absolute atomic E-state index is 12.6. The Morgan fingerprint density at radius 2 is 2.00 bits per heavy atom. The highest BCUT2D eigenvalue weighted by atomic mass is 16.5. The zero-order chi connectivity index (χ0) is 33.1. The molecule has 0 saturated heterocycles. The Balaban J connectivity index is 1.20. The molecule has 47 heavy (non-hydrogen) atoms. The standard InChI is InChI=1S/C37H42N4O6/c1-2-4-24(42)17-26(44)18-25(43)9-7-22-8-12-34(46)35(15-22)47-36-6-3-5-33(45)28-10-11-29-27(13-14-39-37(29)38)30(28)16-23-19-40-32-21-41(36)20-31(23)32/h8,10-12,14-15,19,21,24,26,33,36-37,42,44-46H,2,4,6-7,9,13,16-18,20,38H2,1H3/p+1. The van der Waals surface area contributed by atoms with Crippen molar-refractivity contribution in [1.82, 2.24) is 0 Å². The molecule has 6 atom stereocenters. The molecule has 0 saturated carbocycles. The van der Waals surface area contributed by atoms with Gasteiger partial charge < -0.3 is 30.9 Å². The van der Waals surface area contributed by atoms with Crippen LogP contribution in [0.5, 0.6) is 11.5 Å². The first-order valence-electron chi connectivity index (χ1n) is 16.5. The van der Waals surface area contributed by atoms with Gasteiger partial charge in [0, 0.05) is 43.7 Å². The smallest absolute Gasteiger partial charge is 0.247 e. The second kappa shape index (κ2) is 14.3. The summed E-state index contributed by atoms with van der Waals surface area (Å²) in [6.45, 7) is 2.60. The van der Waals surface area contributed by atoms with Crippen molar-refractivity contribution < 1.29 is 34.9 Å². The molecule has 0 aliphatic carbocycles. The van der Waals surface area contributed by atoms with Crippen LogP contribution in [0.1, 0.15) is 85.5 Å². The molecule has 0 amide bonds. The number of carbonyl (C=O) groups excluding carboxylic acids is 1. The molecule has 0 spiro atoms. The van der Waals surface area contributed by atoms with Crippen LogP contribution in [0.25, 0.3) is 0 Å². The average molecular weight is 640 g/mol. The van der Waals surface area contributed by atoms with Gasteiger partial charge in [-0.05, 0) is 64.8 Å². The summed E-state index contributed by atoms with van der Waals surface area (Å²) in [7, 11) is 0. The van der Waals surface area contributed by atoms with Gasteiger partial charge in [0.05, 0.1) is 12.2 Å². The number of nitrogens with zero attached hydrogens (tertiary/aromatic N) is 2. The second-order valence-electron chi connectivity index (χ2n) is 12.8. The van der Waals surface area contributed by atoms with Crippen molar-refractivity contribution in [2.24, 2.45) is 15.7 Å². The Labute approximate surface area is 275 Å². The fraction of sp³-hybridized carbons (Fsp3) is 0.432. The summed E-state index contributed by atoms with van der Waals surface area (Å²) in [6, 6.07) is 8.89. The number of Topliss-reactive ketones (excluding diaryl/α,β-unsaturated/α-hetero) is 1. The second-order valence-corrected chi connectivity index (χ2v) is 12.8. The summed E-state index contributed by atoms with van der Waals surface area (Å²) < 4.78 is 6.43. The van der Waals surface area contributed by atoms with Crippen molar-refractivity contribution in [3.63, 3.8) is 0 Å². The zero-order valence-electron chi connectivity index (χ0n) is 26.7. The molecule has 246 valence electrons. The van der Waals surface area contributed by atoms with Gasteiger partial charge in [-0.15, -0.1) is 0 Å². The van der Waals surface area contributed by atoms with Crippen LogP contribution in [0.15, 0.2) is 63.4 Å². The van der Waals surface area contributed by atoms with E-state index in [1.165, 1.54) is 0 Å². The Kier molecular flexibility index (Phi) is 10.0. The van der Waals surface area contributed by atoms with Gasteiger partial charge in [-0.25, -0.2) is 0 Å². The lowest BCUT2D eigenvalue weighted by Gasteiger charge is -2.25. The number of aryl methyl sites for hydroxylation is 1. The van der Waals surface area contributed by atoms with Gasteiger partial charge in [-0.1, -0.05) is 43.4 Å². The molecular weight excluding hydrogens is 596 g/mol. The van der Waals surface area contributed by atoms with E-state index in [9.17, 15) is 25.2 Å². The van der Waals surface area contributed by atoms with E-state index in [0.717, 1.165) is 56.0 Å². The summed E-state index contributed by atoms with van der Waals surface area (Å²) in [6.07, 6.45) is 6.11. The first-order valence-corrected chi connectivity index (χ1v) is 16.5. The molecule has 2 aromatic rings. The molecule has 6 rings (SSSR count). The lowest BCUT2D eigenvalue weighted by molar-refractivity contribution is -0.885. The number of hydrogen-bond donors (Lipinski definition) is 6. The van der Waals surface area contributed by atoms with E-state index in [-0.39, 0.29) is 43.0 Å². The molecule has 10 nitrogen and oxygen atoms in total. The maximum Gasteiger partial charge on any atom is 0.247 e. The molecule has 10 heteroatoms. The first-order chi connectivity index (χ1) is 22.7. The normalized spacial score (nSPS) is 23.9. The largest absolute Gasteiger partial charge is 0.504 e. The number of phenolic OH excluding ortho intramolecular Hbond substituents is 1. The number of quaternary nitrogens is 1. The zero-order valence-corrected chi connectivity index (χ0v) is 26.7. The summed E-state index contributed by atoms with van der Waals surface area (Å²) in [5.41, 5.74) is 14.0. The number of phenols is 1. The maximum atomic E-state index is 12.6. The Bertz CT molecular complexity index is 1720. The van der Waals surface area contributed by atoms with Crippen molar-refractivity contribution in [2.45, 2.75) is 95.4 Å². The van der Waals surface area contributed by atoms with Crippen molar-refractivity contribution in [1.29, 1.82) is 0 Å². The van der Waals surface area contributed by atoms with Crippen LogP contribution in [0.4, 0.5) is 0 Å². The van der Waals surface area contributed by atoms with E-state index in [2.05, 4.69) is 16.8 Å². The van der Waals surface area contributed by atoms with Crippen LogP contribution in [-0.2, 0) is 24.1 Å². The first kappa shape index (κ1) is 32.8. The van der Waals surface area contributed by atoms with Crippen LogP contribution >= 0.6 is 0 Å². The monoisotopic (exact) mass is 639 g/mol. The summed E-state index contributed by atoms with van der Waals surface area (Å²) in [5.74, 6) is 6.34. The number of carbonyl (C=O) groups is 1. The van der Waals surface area contributed by atoms with Crippen molar-refractivity contribution in [3.05, 3.63) is 81.2 Å². The van der Waals surface area contributed by atoms with Gasteiger partial charge in [0.15, 0.2) is 11.5 Å². The predicted octanol–water partition coefficient (Wildman–Crippen LogP) is 2.29. The van der Waals surface area contributed by atoms with Gasteiger partial charge in [0.1, 0.15) is 42.9 Å². The third-order valence-electron chi connectivity index (χ3n) is 9.36. The number of ether oxygens (including phenoxy) is 1. The van der Waals surface area contributed by atoms with Crippen molar-refractivity contribution in [2.75, 3.05) is 6.54 Å². The molecule has 2 bridgehead atoms. The number of benzene rings is 2. The third-order valence-corrected chi connectivity index (χ3v) is 9.36. The highest BCUT2D eigenvalue weighted by Gasteiger charge is 2.36. The minimum absolute atomic E-state index is 0.00311. The summed E-state index contributed by atoms with van der Waals surface area (Å²) in [4.78, 5) is 22.6. The molecule has 7 N–H and O–H groups in total. The minimum atomic E-state index is -1.01. The van der Waals surface area contributed by atoms with Crippen LogP contribution in [0, 0.1) is 11.8 Å². The van der Waals surface area contributed by atoms with E-state index in [1.54, 1.807) is 18.2 Å². The average Bonchev–Trinajstić information content (AvgIpc) is 3.62. The number of aromatic hydroxyl groups is 1. The molecule has 0 fully saturated rings. The lowest BCUT2D eigenvalue weighted by Crippen LogP contribution is -3.11. The number of allylic oxidation sites excluding steroid dienone is 1. The van der Waals surface area contributed by atoms with Gasteiger partial charge in [0.25, 0.3) is 0 Å². The molecular formula is C37H43N4O6+. The third kappa shape index (κ3) is 7.40. The molecule has 0 radical (unpaired) electrons. The SMILES string of the molecule is CCCC(O)CC(O)CC(=O)CCc1ccc(O)c(OC2CC#CC(O)c3ccc4c(c3CC3=C5C[NH+]2C=C5N=C3)CC=NC4N)c1. The Morgan fingerprint density at radius 3 is 2.83 bits per heavy atom. The van der Waals surface area contributed by atoms with Gasteiger partial charge in [0.2, 0.25) is 6.23 Å². The molecule has 4 aliphatic rings. The number of fused-ring (bicyclic) bond motifs is 4. The molecule has 4 aliphatic heterocycles. The Hall–Kier alpha value is -4.11. The number of nitrogens with one attached hydrogen (secondary N) is 1. The highest BCUT2D eigenvalue weighted by molar-refractivity contribution is 5.87. The van der Waals surface area contributed by atoms with Crippen LogP contribution < -0.4 is 15.4 Å². The fourth-order valence-electron chi connectivity index (χ4n) is 6.86. The predicted molar refractivity (Wildman–Crippen MR) is 178 cm³/mol. The summed E-state index contributed by atoms with van der Waals surface area (Å²) in [5, 5.41) is 42.2. The van der Waals surface area contributed by atoms with Crippen LogP contribution in [-0.4, -0.2) is 63.6 Å². The van der Waals surface area contributed by atoms with Crippen molar-refractivity contribution >= 4 is 18.2 Å². The van der Waals surface area contributed by atoms with E-state index in [0.29, 0.717) is 32.2 Å². The molecule has 4 heterocycles. The number of ketones is 1. The molecule has 6 unspecified atom stereocenters. The minimum Gasteiger partial charge on any atom is -0.504 e. The van der Waals surface area contributed by atoms with Crippen molar-refractivity contribution in [3.8, 4) is 23.3 Å². The van der Waals surface area contributed by atoms with E-state index in [1.807, 2.05) is 37.7 Å². The topological polar surface area (TPSA) is 162 Å². The number of aliphatic hydroxyl groups excluding tert-OH is 3. The molecule has 0 aromatic heterocycles. The van der Waals surface area contributed by atoms with Gasteiger partial charge in [-0.3, -0.25) is 19.7 Å². The van der Waals surface area contributed by atoms with Crippen LogP contribution in [0.3, 0.4) is 0 Å². The number of hydrogen-bond acceptors (Lipinski definition) is 9. The number of aliphatic hydroxyl groups is 3. The Morgan fingerprint density at radius 1 is 1.17 bits per heavy atom. The highest BCUT2D eigenvalue weighted by Crippen LogP contribution is 2.35. The van der Waals surface area contributed by atoms with Gasteiger partial charge in [-0.2, -0.15) is 0 Å². The summed E-state index contributed by atoms with van der Waals surface area (Å²) >= 11 is 0. The number of nitrogens with two attached hydrogens (primary N) is 1. The van der Waals surface area contributed by atoms with E-state index in [4.69, 9.17) is 15.5 Å². The lowest BCUT2D eigenvalue weighted by atomic mass is 9.85. The number of rotatable bonds is 11. The van der Waals surface area contributed by atoms with E-state index < -0.39 is 30.7 Å². The fourth-order valence-corrected chi connectivity index (χ4v) is 6.86. The quantitative estimate of drug-likeness (QED) is 0.206.